The van der Waals surface area contributed by atoms with Gasteiger partial charge in [0.25, 0.3) is 0 Å². The van der Waals surface area contributed by atoms with Crippen molar-refractivity contribution in [2.45, 2.75) is 6.54 Å². The van der Waals surface area contributed by atoms with Crippen LogP contribution >= 0.6 is 11.3 Å². The van der Waals surface area contributed by atoms with Crippen LogP contribution in [0.2, 0.25) is 0 Å². The highest BCUT2D eigenvalue weighted by atomic mass is 32.1. The molecule has 5 heteroatoms. The summed E-state index contributed by atoms with van der Waals surface area (Å²) >= 11 is 1.69. The van der Waals surface area contributed by atoms with E-state index in [-0.39, 0.29) is 0 Å². The number of nitrogens with zero attached hydrogens (tertiary/aromatic N) is 2. The second kappa shape index (κ2) is 3.30. The van der Waals surface area contributed by atoms with E-state index in [1.165, 1.54) is 15.8 Å². The van der Waals surface area contributed by atoms with Crippen LogP contribution in [0.3, 0.4) is 0 Å². The zero-order valence-corrected chi connectivity index (χ0v) is 8.79. The highest BCUT2D eigenvalue weighted by Gasteiger charge is 2.05. The van der Waals surface area contributed by atoms with Crippen LogP contribution in [-0.2, 0) is 6.54 Å². The lowest BCUT2D eigenvalue weighted by molar-refractivity contribution is 0.742. The minimum Gasteiger partial charge on any atom is -0.290 e. The van der Waals surface area contributed by atoms with Crippen molar-refractivity contribution in [3.05, 3.63) is 36.2 Å². The summed E-state index contributed by atoms with van der Waals surface area (Å²) in [6.45, 7) is 0.691. The zero-order chi connectivity index (χ0) is 10.3. The maximum absolute atomic E-state index is 5.30. The van der Waals surface area contributed by atoms with Crippen LogP contribution in [0.1, 0.15) is 5.56 Å². The fourth-order valence-electron chi connectivity index (χ4n) is 1.71. The fraction of sp³-hybridized carbons (Fsp3) is 0.100. The van der Waals surface area contributed by atoms with Crippen LogP contribution in [0, 0.1) is 0 Å². The molecule has 2 aromatic heterocycles. The number of nitrogens with one attached hydrogen (secondary N) is 1. The third-order valence-corrected chi connectivity index (χ3v) is 3.43. The predicted octanol–water partition coefficient (Wildman–Crippen LogP) is 1.51. The Hall–Kier alpha value is -1.43. The van der Waals surface area contributed by atoms with E-state index in [0.717, 1.165) is 4.96 Å². The highest BCUT2D eigenvalue weighted by Crippen LogP contribution is 2.26. The van der Waals surface area contributed by atoms with Crippen LogP contribution in [0.4, 0.5) is 0 Å². The van der Waals surface area contributed by atoms with E-state index in [1.807, 2.05) is 12.4 Å². The molecule has 0 aliphatic heterocycles. The van der Waals surface area contributed by atoms with Crippen molar-refractivity contribution in [2.75, 3.05) is 0 Å². The number of hydrogen-bond donors (Lipinski definition) is 2. The minimum atomic E-state index is 0.691. The normalized spacial score (nSPS) is 11.5. The van der Waals surface area contributed by atoms with Crippen molar-refractivity contribution < 1.29 is 0 Å². The number of hydrogen-bond acceptors (Lipinski definition) is 4. The first-order chi connectivity index (χ1) is 7.38. The average molecular weight is 218 g/mol. The van der Waals surface area contributed by atoms with Crippen molar-refractivity contribution in [1.82, 2.24) is 14.8 Å². The van der Waals surface area contributed by atoms with E-state index in [1.54, 1.807) is 11.3 Å². The number of fused-ring (bicyclic) bond motifs is 3. The van der Waals surface area contributed by atoms with Gasteiger partial charge in [-0.15, -0.1) is 0 Å². The molecule has 76 valence electrons. The molecule has 0 unspecified atom stereocenters. The van der Waals surface area contributed by atoms with Gasteiger partial charge in [0, 0.05) is 18.9 Å². The van der Waals surface area contributed by atoms with Gasteiger partial charge in [-0.2, -0.15) is 0 Å². The number of imidazole rings is 1. The number of thiazole rings is 1. The molecule has 0 saturated heterocycles. The summed E-state index contributed by atoms with van der Waals surface area (Å²) in [5.74, 6) is 5.30. The van der Waals surface area contributed by atoms with Crippen LogP contribution in [0.15, 0.2) is 30.6 Å². The van der Waals surface area contributed by atoms with Crippen LogP contribution in [0.5, 0.6) is 0 Å². The van der Waals surface area contributed by atoms with E-state index in [0.29, 0.717) is 6.54 Å². The first kappa shape index (κ1) is 8.84. The van der Waals surface area contributed by atoms with Gasteiger partial charge in [-0.3, -0.25) is 15.7 Å². The van der Waals surface area contributed by atoms with E-state index < -0.39 is 0 Å². The smallest absolute Gasteiger partial charge is 0.194 e. The third-order valence-electron chi connectivity index (χ3n) is 2.40. The lowest BCUT2D eigenvalue weighted by Gasteiger charge is -1.99. The minimum absolute atomic E-state index is 0.691. The zero-order valence-electron chi connectivity index (χ0n) is 7.97. The Morgan fingerprint density at radius 3 is 3.27 bits per heavy atom. The molecule has 0 aliphatic carbocycles. The SMILES string of the molecule is NNCc1ccc2c(c1)sc1nccn12. The van der Waals surface area contributed by atoms with Gasteiger partial charge in [0.2, 0.25) is 0 Å². The molecule has 0 saturated carbocycles. The lowest BCUT2D eigenvalue weighted by atomic mass is 10.2. The van der Waals surface area contributed by atoms with Gasteiger partial charge in [-0.1, -0.05) is 17.4 Å². The molecule has 0 bridgehead atoms. The number of hydrazine groups is 1. The molecule has 0 spiro atoms. The Labute approximate surface area is 90.3 Å². The van der Waals surface area contributed by atoms with E-state index in [2.05, 4.69) is 33.0 Å². The lowest BCUT2D eigenvalue weighted by Crippen LogP contribution is -2.20. The fourth-order valence-corrected chi connectivity index (χ4v) is 2.76. The quantitative estimate of drug-likeness (QED) is 0.506. The molecule has 3 rings (SSSR count). The molecule has 1 aromatic carbocycles. The first-order valence-corrected chi connectivity index (χ1v) is 5.48. The summed E-state index contributed by atoms with van der Waals surface area (Å²) in [7, 11) is 0. The van der Waals surface area contributed by atoms with Gasteiger partial charge >= 0.3 is 0 Å². The first-order valence-electron chi connectivity index (χ1n) is 4.66. The van der Waals surface area contributed by atoms with Gasteiger partial charge in [-0.25, -0.2) is 4.98 Å². The summed E-state index contributed by atoms with van der Waals surface area (Å²) < 4.78 is 3.34. The van der Waals surface area contributed by atoms with Crippen molar-refractivity contribution in [3.8, 4) is 0 Å². The Balaban J connectivity index is 2.26. The van der Waals surface area contributed by atoms with Crippen molar-refractivity contribution in [2.24, 2.45) is 5.84 Å². The maximum atomic E-state index is 5.30. The second-order valence-electron chi connectivity index (χ2n) is 3.36. The molecule has 0 atom stereocenters. The molecule has 4 nitrogen and oxygen atoms in total. The average Bonchev–Trinajstić information content (AvgIpc) is 2.77. The molecule has 0 amide bonds. The molecular weight excluding hydrogens is 208 g/mol. The number of aromatic nitrogens is 2. The maximum Gasteiger partial charge on any atom is 0.194 e. The monoisotopic (exact) mass is 218 g/mol. The Kier molecular flexibility index (Phi) is 1.95. The molecule has 0 aliphatic rings. The van der Waals surface area contributed by atoms with Crippen LogP contribution in [0.25, 0.3) is 15.2 Å². The van der Waals surface area contributed by atoms with Gasteiger partial charge in [0.1, 0.15) is 0 Å². The number of nitrogens with two attached hydrogens (primary N) is 1. The van der Waals surface area contributed by atoms with Crippen LogP contribution < -0.4 is 11.3 Å². The van der Waals surface area contributed by atoms with Gasteiger partial charge in [0.05, 0.1) is 10.2 Å². The molecule has 0 fully saturated rings. The summed E-state index contributed by atoms with van der Waals surface area (Å²) in [6.07, 6.45) is 3.80. The standard InChI is InChI=1S/C10H10N4S/c11-13-6-7-1-2-8-9(5-7)15-10-12-3-4-14(8)10/h1-5,13H,6,11H2. The second-order valence-corrected chi connectivity index (χ2v) is 4.37. The van der Waals surface area contributed by atoms with Gasteiger partial charge in [0.15, 0.2) is 4.96 Å². The molecule has 0 radical (unpaired) electrons. The largest absolute Gasteiger partial charge is 0.290 e. The molecule has 3 aromatic rings. The predicted molar refractivity (Wildman–Crippen MR) is 61.6 cm³/mol. The van der Waals surface area contributed by atoms with Gasteiger partial charge in [-0.05, 0) is 17.7 Å². The van der Waals surface area contributed by atoms with Crippen molar-refractivity contribution >= 4 is 26.5 Å². The van der Waals surface area contributed by atoms with Crippen molar-refractivity contribution in [1.29, 1.82) is 0 Å². The summed E-state index contributed by atoms with van der Waals surface area (Å²) in [6, 6.07) is 6.33. The molecular formula is C10H10N4S. The Morgan fingerprint density at radius 1 is 1.47 bits per heavy atom. The molecule has 2 heterocycles. The Morgan fingerprint density at radius 2 is 2.40 bits per heavy atom. The van der Waals surface area contributed by atoms with E-state index in [4.69, 9.17) is 5.84 Å². The third kappa shape index (κ3) is 1.32. The topological polar surface area (TPSA) is 55.3 Å². The summed E-state index contributed by atoms with van der Waals surface area (Å²) in [4.78, 5) is 5.30. The molecule has 15 heavy (non-hydrogen) atoms. The van der Waals surface area contributed by atoms with Crippen molar-refractivity contribution in [3.63, 3.8) is 0 Å². The number of rotatable bonds is 2. The summed E-state index contributed by atoms with van der Waals surface area (Å²) in [5, 5.41) is 0. The van der Waals surface area contributed by atoms with Gasteiger partial charge < -0.3 is 0 Å². The highest BCUT2D eigenvalue weighted by molar-refractivity contribution is 7.23. The number of benzene rings is 1. The Bertz CT molecular complexity index is 610. The van der Waals surface area contributed by atoms with Crippen LogP contribution in [-0.4, -0.2) is 9.38 Å². The van der Waals surface area contributed by atoms with E-state index >= 15 is 0 Å². The van der Waals surface area contributed by atoms with E-state index in [9.17, 15) is 0 Å². The summed E-state index contributed by atoms with van der Waals surface area (Å²) in [5.41, 5.74) is 5.05. The molecule has 3 N–H and O–H groups in total.